The van der Waals surface area contributed by atoms with E-state index in [0.717, 1.165) is 25.0 Å². The Hall–Kier alpha value is -3.36. The van der Waals surface area contributed by atoms with Crippen molar-refractivity contribution in [2.75, 3.05) is 6.54 Å². The maximum atomic E-state index is 12.6. The molecule has 1 amide bonds. The van der Waals surface area contributed by atoms with Crippen molar-refractivity contribution >= 4 is 5.91 Å². The number of unbranched alkanes of at least 4 members (excludes halogenated alkanes) is 1. The summed E-state index contributed by atoms with van der Waals surface area (Å²) in [7, 11) is 0. The second-order valence-corrected chi connectivity index (χ2v) is 6.12. The minimum Gasteiger partial charge on any atom is -0.435 e. The molecule has 0 spiro atoms. The van der Waals surface area contributed by atoms with Crippen LogP contribution in [0.3, 0.4) is 0 Å². The first-order valence-corrected chi connectivity index (χ1v) is 8.93. The van der Waals surface area contributed by atoms with Crippen LogP contribution < -0.4 is 10.1 Å². The molecular weight excluding hydrogens is 387 g/mol. The van der Waals surface area contributed by atoms with Gasteiger partial charge in [0.25, 0.3) is 5.91 Å². The third kappa shape index (κ3) is 5.34. The van der Waals surface area contributed by atoms with Crippen LogP contribution in [-0.2, 0) is 0 Å². The fourth-order valence-electron chi connectivity index (χ4n) is 2.55. The molecule has 0 saturated carbocycles. The van der Waals surface area contributed by atoms with Gasteiger partial charge in [-0.3, -0.25) is 9.78 Å². The molecule has 29 heavy (non-hydrogen) atoms. The van der Waals surface area contributed by atoms with Gasteiger partial charge in [0, 0.05) is 24.5 Å². The lowest BCUT2D eigenvalue weighted by Gasteiger charge is -2.09. The number of benzene rings is 1. The van der Waals surface area contributed by atoms with Crippen LogP contribution in [0.15, 0.2) is 53.2 Å². The van der Waals surface area contributed by atoms with E-state index in [4.69, 9.17) is 4.42 Å². The molecule has 0 aliphatic carbocycles. The number of aromatic nitrogens is 2. The number of carbonyl (C=O) groups excluding carboxylic acids is 1. The molecule has 0 saturated heterocycles. The number of amides is 1. The summed E-state index contributed by atoms with van der Waals surface area (Å²) in [5, 5.41) is 2.77. The van der Waals surface area contributed by atoms with Crippen LogP contribution in [0.25, 0.3) is 22.8 Å². The molecule has 2 heterocycles. The predicted octanol–water partition coefficient (Wildman–Crippen LogP) is 4.83. The Morgan fingerprint density at radius 2 is 1.93 bits per heavy atom. The number of pyridine rings is 1. The maximum Gasteiger partial charge on any atom is 0.573 e. The van der Waals surface area contributed by atoms with Crippen molar-refractivity contribution in [3.8, 4) is 28.5 Å². The zero-order valence-corrected chi connectivity index (χ0v) is 15.5. The first-order chi connectivity index (χ1) is 13.9. The fraction of sp³-hybridized carbons (Fsp3) is 0.250. The van der Waals surface area contributed by atoms with E-state index in [2.05, 4.69) is 20.0 Å². The quantitative estimate of drug-likeness (QED) is 0.570. The van der Waals surface area contributed by atoms with Gasteiger partial charge >= 0.3 is 6.36 Å². The summed E-state index contributed by atoms with van der Waals surface area (Å²) in [5.74, 6) is -0.467. The Labute approximate surface area is 164 Å². The molecule has 0 aliphatic heterocycles. The van der Waals surface area contributed by atoms with E-state index >= 15 is 0 Å². The lowest BCUT2D eigenvalue weighted by molar-refractivity contribution is -0.274. The van der Waals surface area contributed by atoms with Crippen LogP contribution in [0.4, 0.5) is 13.2 Å². The number of nitrogens with zero attached hydrogens (tertiary/aromatic N) is 2. The lowest BCUT2D eigenvalue weighted by Crippen LogP contribution is -2.25. The molecule has 0 aliphatic rings. The van der Waals surface area contributed by atoms with Crippen molar-refractivity contribution in [3.05, 3.63) is 54.5 Å². The van der Waals surface area contributed by atoms with Crippen LogP contribution in [0.5, 0.6) is 5.75 Å². The van der Waals surface area contributed by atoms with Gasteiger partial charge in [-0.15, -0.1) is 13.2 Å². The van der Waals surface area contributed by atoms with Crippen LogP contribution >= 0.6 is 0 Å². The van der Waals surface area contributed by atoms with Gasteiger partial charge in [-0.25, -0.2) is 4.98 Å². The number of halogens is 3. The van der Waals surface area contributed by atoms with Crippen molar-refractivity contribution in [1.29, 1.82) is 0 Å². The zero-order chi connectivity index (χ0) is 20.9. The molecular formula is C20H18F3N3O3. The lowest BCUT2D eigenvalue weighted by atomic mass is 10.1. The highest BCUT2D eigenvalue weighted by atomic mass is 19.4. The average molecular weight is 405 g/mol. The highest BCUT2D eigenvalue weighted by molar-refractivity contribution is 5.98. The molecule has 2 aromatic heterocycles. The molecule has 0 bridgehead atoms. The topological polar surface area (TPSA) is 77.3 Å². The van der Waals surface area contributed by atoms with Crippen LogP contribution in [0.2, 0.25) is 0 Å². The number of hydrogen-bond acceptors (Lipinski definition) is 5. The van der Waals surface area contributed by atoms with Crippen molar-refractivity contribution < 1.29 is 27.1 Å². The minimum atomic E-state index is -4.79. The van der Waals surface area contributed by atoms with Gasteiger partial charge < -0.3 is 14.5 Å². The first-order valence-electron chi connectivity index (χ1n) is 8.93. The standard InChI is InChI=1S/C20H18F3N3O3/c1-2-3-11-25-18(27)16-17(28-19(26-16)14-5-4-10-24-12-14)13-6-8-15(9-7-13)29-20(21,22)23/h4-10,12H,2-3,11H2,1H3,(H,25,27). The largest absolute Gasteiger partial charge is 0.573 e. The van der Waals surface area contributed by atoms with E-state index in [1.807, 2.05) is 6.92 Å². The smallest absolute Gasteiger partial charge is 0.435 e. The van der Waals surface area contributed by atoms with Crippen molar-refractivity contribution in [2.45, 2.75) is 26.1 Å². The van der Waals surface area contributed by atoms with Crippen LogP contribution in [0.1, 0.15) is 30.3 Å². The molecule has 1 N–H and O–H groups in total. The Balaban J connectivity index is 1.95. The second-order valence-electron chi connectivity index (χ2n) is 6.12. The number of carbonyl (C=O) groups is 1. The Morgan fingerprint density at radius 1 is 1.17 bits per heavy atom. The molecule has 0 radical (unpaired) electrons. The van der Waals surface area contributed by atoms with E-state index in [9.17, 15) is 18.0 Å². The van der Waals surface area contributed by atoms with Gasteiger partial charge in [0.1, 0.15) is 5.75 Å². The molecule has 6 nitrogen and oxygen atoms in total. The Bertz CT molecular complexity index is 955. The number of rotatable bonds is 7. The summed E-state index contributed by atoms with van der Waals surface area (Å²) in [6.07, 6.45) is 0.0523. The summed E-state index contributed by atoms with van der Waals surface area (Å²) < 4.78 is 46.7. The highest BCUT2D eigenvalue weighted by Gasteiger charge is 2.31. The molecule has 0 unspecified atom stereocenters. The zero-order valence-electron chi connectivity index (χ0n) is 15.5. The summed E-state index contributed by atoms with van der Waals surface area (Å²) in [6, 6.07) is 8.46. The van der Waals surface area contributed by atoms with Gasteiger partial charge in [0.15, 0.2) is 11.5 Å². The van der Waals surface area contributed by atoms with Gasteiger partial charge in [0.2, 0.25) is 5.89 Å². The van der Waals surface area contributed by atoms with Gasteiger partial charge in [-0.1, -0.05) is 13.3 Å². The average Bonchev–Trinajstić information content (AvgIpc) is 3.14. The second kappa shape index (κ2) is 8.76. The molecule has 1 aromatic carbocycles. The minimum absolute atomic E-state index is 0.0458. The number of nitrogens with one attached hydrogen (secondary N) is 1. The van der Waals surface area contributed by atoms with E-state index < -0.39 is 12.3 Å². The number of hydrogen-bond donors (Lipinski definition) is 1. The molecule has 0 atom stereocenters. The van der Waals surface area contributed by atoms with Gasteiger partial charge in [0.05, 0.1) is 5.56 Å². The number of alkyl halides is 3. The van der Waals surface area contributed by atoms with E-state index in [1.54, 1.807) is 18.3 Å². The highest BCUT2D eigenvalue weighted by Crippen LogP contribution is 2.32. The van der Waals surface area contributed by atoms with Crippen molar-refractivity contribution in [1.82, 2.24) is 15.3 Å². The normalized spacial score (nSPS) is 11.3. The molecule has 0 fully saturated rings. The molecule has 3 rings (SSSR count). The van der Waals surface area contributed by atoms with E-state index in [0.29, 0.717) is 17.7 Å². The Morgan fingerprint density at radius 3 is 2.55 bits per heavy atom. The first kappa shape index (κ1) is 20.4. The molecule has 3 aromatic rings. The fourth-order valence-corrected chi connectivity index (χ4v) is 2.55. The van der Waals surface area contributed by atoms with Crippen LogP contribution in [-0.4, -0.2) is 28.8 Å². The van der Waals surface area contributed by atoms with Crippen molar-refractivity contribution in [2.24, 2.45) is 0 Å². The predicted molar refractivity (Wildman–Crippen MR) is 99.1 cm³/mol. The monoisotopic (exact) mass is 405 g/mol. The van der Waals surface area contributed by atoms with Gasteiger partial charge in [-0.05, 0) is 42.8 Å². The summed E-state index contributed by atoms with van der Waals surface area (Å²) >= 11 is 0. The SMILES string of the molecule is CCCCNC(=O)c1nc(-c2cccnc2)oc1-c1ccc(OC(F)(F)F)cc1. The van der Waals surface area contributed by atoms with Crippen molar-refractivity contribution in [3.63, 3.8) is 0 Å². The number of oxazole rings is 1. The molecule has 152 valence electrons. The third-order valence-corrected chi connectivity index (χ3v) is 3.92. The molecule has 9 heteroatoms. The third-order valence-electron chi connectivity index (χ3n) is 3.92. The summed E-state index contributed by atoms with van der Waals surface area (Å²) in [4.78, 5) is 20.9. The van der Waals surface area contributed by atoms with E-state index in [1.165, 1.54) is 18.3 Å². The van der Waals surface area contributed by atoms with Crippen LogP contribution in [0, 0.1) is 0 Å². The van der Waals surface area contributed by atoms with Gasteiger partial charge in [-0.2, -0.15) is 0 Å². The Kier molecular flexibility index (Phi) is 6.16. The number of ether oxygens (including phenoxy) is 1. The maximum absolute atomic E-state index is 12.6. The summed E-state index contributed by atoms with van der Waals surface area (Å²) in [6.45, 7) is 2.47. The summed E-state index contributed by atoms with van der Waals surface area (Å²) in [5.41, 5.74) is 1.01. The van der Waals surface area contributed by atoms with E-state index in [-0.39, 0.29) is 23.1 Å².